The molecule has 3 heterocycles. The summed E-state index contributed by atoms with van der Waals surface area (Å²) in [5.41, 5.74) is 6.81. The number of furan rings is 1. The summed E-state index contributed by atoms with van der Waals surface area (Å²) in [7, 11) is 0. The highest BCUT2D eigenvalue weighted by Gasteiger charge is 2.20. The van der Waals surface area contributed by atoms with Gasteiger partial charge in [-0.1, -0.05) is 11.3 Å². The number of thiazole rings is 1. The van der Waals surface area contributed by atoms with Gasteiger partial charge in [0.05, 0.1) is 12.5 Å². The first-order valence-electron chi connectivity index (χ1n) is 7.04. The minimum Gasteiger partial charge on any atom is -0.472 e. The van der Waals surface area contributed by atoms with E-state index in [1.807, 2.05) is 6.07 Å². The van der Waals surface area contributed by atoms with Crippen LogP contribution >= 0.6 is 11.3 Å². The number of rotatable bonds is 4. The number of hydrogen-bond acceptors (Lipinski definition) is 6. The van der Waals surface area contributed by atoms with Crippen LogP contribution in [0.5, 0.6) is 0 Å². The Bertz CT molecular complexity index is 603. The molecule has 1 aliphatic rings. The number of nitrogens with two attached hydrogens (primary N) is 1. The number of carbonyl (C=O) groups excluding carboxylic acids is 1. The van der Waals surface area contributed by atoms with E-state index in [-0.39, 0.29) is 5.91 Å². The van der Waals surface area contributed by atoms with Crippen LogP contribution in [0.1, 0.15) is 34.5 Å². The van der Waals surface area contributed by atoms with Crippen LogP contribution in [0.2, 0.25) is 0 Å². The minimum absolute atomic E-state index is 0.186. The molecule has 21 heavy (non-hydrogen) atoms. The van der Waals surface area contributed by atoms with Gasteiger partial charge in [0, 0.05) is 25.2 Å². The third-order valence-corrected chi connectivity index (χ3v) is 4.64. The molecule has 0 aliphatic carbocycles. The number of piperidine rings is 1. The van der Waals surface area contributed by atoms with Crippen LogP contribution in [0.25, 0.3) is 0 Å². The summed E-state index contributed by atoms with van der Waals surface area (Å²) in [6, 6.07) is 1.81. The number of nitrogen functional groups attached to an aromatic ring is 1. The maximum atomic E-state index is 12.2. The van der Waals surface area contributed by atoms with Crippen molar-refractivity contribution in [3.05, 3.63) is 29.0 Å². The van der Waals surface area contributed by atoms with E-state index in [1.165, 1.54) is 30.6 Å². The molecule has 6 nitrogen and oxygen atoms in total. The Balaban J connectivity index is 1.66. The van der Waals surface area contributed by atoms with Gasteiger partial charge in [-0.25, -0.2) is 4.98 Å². The largest absolute Gasteiger partial charge is 0.472 e. The molecule has 2 aromatic rings. The molecule has 3 N–H and O–H groups in total. The number of hydrogen-bond donors (Lipinski definition) is 2. The van der Waals surface area contributed by atoms with Crippen LogP contribution in [-0.4, -0.2) is 24.0 Å². The molecule has 2 aromatic heterocycles. The second-order valence-corrected chi connectivity index (χ2v) is 6.05. The van der Waals surface area contributed by atoms with Crippen LogP contribution in [0.3, 0.4) is 0 Å². The summed E-state index contributed by atoms with van der Waals surface area (Å²) in [5, 5.41) is 3.68. The van der Waals surface area contributed by atoms with Crippen molar-refractivity contribution in [2.24, 2.45) is 0 Å². The lowest BCUT2D eigenvalue weighted by Gasteiger charge is -2.25. The van der Waals surface area contributed by atoms with E-state index in [0.717, 1.165) is 23.8 Å². The Morgan fingerprint density at radius 3 is 2.95 bits per heavy atom. The first kappa shape index (κ1) is 13.9. The maximum Gasteiger partial charge on any atom is 0.265 e. The molecule has 0 atom stereocenters. The van der Waals surface area contributed by atoms with Crippen molar-refractivity contribution in [2.75, 3.05) is 23.7 Å². The fourth-order valence-corrected chi connectivity index (χ4v) is 3.31. The Labute approximate surface area is 127 Å². The summed E-state index contributed by atoms with van der Waals surface area (Å²) in [4.78, 5) is 19.2. The monoisotopic (exact) mass is 306 g/mol. The van der Waals surface area contributed by atoms with Gasteiger partial charge >= 0.3 is 0 Å². The molecule has 1 saturated heterocycles. The van der Waals surface area contributed by atoms with Crippen molar-refractivity contribution in [1.29, 1.82) is 0 Å². The van der Waals surface area contributed by atoms with Gasteiger partial charge in [0.1, 0.15) is 10.7 Å². The number of nitrogens with zero attached hydrogens (tertiary/aromatic N) is 2. The van der Waals surface area contributed by atoms with E-state index in [1.54, 1.807) is 12.5 Å². The standard InChI is InChI=1S/C14H18N4O2S/c15-12-11(13(19)16-8-10-4-7-20-9-10)21-14(17-12)18-5-2-1-3-6-18/h4,7,9H,1-3,5-6,8,15H2,(H,16,19). The van der Waals surface area contributed by atoms with Gasteiger partial charge in [0.15, 0.2) is 5.13 Å². The predicted molar refractivity (Wildman–Crippen MR) is 82.5 cm³/mol. The summed E-state index contributed by atoms with van der Waals surface area (Å²) >= 11 is 1.37. The Morgan fingerprint density at radius 2 is 2.24 bits per heavy atom. The van der Waals surface area contributed by atoms with Gasteiger partial charge in [0.2, 0.25) is 0 Å². The lowest BCUT2D eigenvalue weighted by atomic mass is 10.1. The van der Waals surface area contributed by atoms with Crippen LogP contribution < -0.4 is 16.0 Å². The summed E-state index contributed by atoms with van der Waals surface area (Å²) in [5.74, 6) is 0.125. The van der Waals surface area contributed by atoms with E-state index in [2.05, 4.69) is 15.2 Å². The molecule has 1 fully saturated rings. The van der Waals surface area contributed by atoms with Crippen LogP contribution in [0.15, 0.2) is 23.0 Å². The molecule has 0 saturated carbocycles. The SMILES string of the molecule is Nc1nc(N2CCCCC2)sc1C(=O)NCc1ccoc1. The molecular formula is C14H18N4O2S. The molecule has 0 radical (unpaired) electrons. The van der Waals surface area contributed by atoms with Crippen molar-refractivity contribution in [3.63, 3.8) is 0 Å². The highest BCUT2D eigenvalue weighted by Crippen LogP contribution is 2.29. The lowest BCUT2D eigenvalue weighted by Crippen LogP contribution is -2.29. The number of anilines is 2. The number of nitrogens with one attached hydrogen (secondary N) is 1. The average Bonchev–Trinajstić information content (AvgIpc) is 3.15. The minimum atomic E-state index is -0.186. The van der Waals surface area contributed by atoms with Crippen LogP contribution in [-0.2, 0) is 6.54 Å². The molecule has 1 aliphatic heterocycles. The van der Waals surface area contributed by atoms with Crippen molar-refractivity contribution < 1.29 is 9.21 Å². The zero-order valence-corrected chi connectivity index (χ0v) is 12.5. The third-order valence-electron chi connectivity index (χ3n) is 3.51. The van der Waals surface area contributed by atoms with Crippen molar-refractivity contribution in [1.82, 2.24) is 10.3 Å². The smallest absolute Gasteiger partial charge is 0.265 e. The van der Waals surface area contributed by atoms with Gasteiger partial charge in [-0.15, -0.1) is 0 Å². The number of carbonyl (C=O) groups is 1. The average molecular weight is 306 g/mol. The van der Waals surface area contributed by atoms with Gasteiger partial charge in [-0.05, 0) is 25.3 Å². The fourth-order valence-electron chi connectivity index (χ4n) is 2.36. The van der Waals surface area contributed by atoms with Crippen molar-refractivity contribution in [2.45, 2.75) is 25.8 Å². The predicted octanol–water partition coefficient (Wildman–Crippen LogP) is 2.24. The van der Waals surface area contributed by atoms with Crippen molar-refractivity contribution >= 4 is 28.2 Å². The van der Waals surface area contributed by atoms with E-state index in [9.17, 15) is 4.79 Å². The second kappa shape index (κ2) is 6.17. The highest BCUT2D eigenvalue weighted by atomic mass is 32.1. The first-order valence-corrected chi connectivity index (χ1v) is 7.86. The fraction of sp³-hybridized carbons (Fsp3) is 0.429. The molecule has 1 amide bonds. The molecule has 0 aromatic carbocycles. The molecule has 3 rings (SSSR count). The van der Waals surface area contributed by atoms with Crippen molar-refractivity contribution in [3.8, 4) is 0 Å². The van der Waals surface area contributed by atoms with E-state index >= 15 is 0 Å². The van der Waals surface area contributed by atoms with Crippen LogP contribution in [0, 0.1) is 0 Å². The molecule has 0 spiro atoms. The van der Waals surface area contributed by atoms with E-state index < -0.39 is 0 Å². The molecule has 7 heteroatoms. The third kappa shape index (κ3) is 3.18. The first-order chi connectivity index (χ1) is 10.2. The zero-order chi connectivity index (χ0) is 14.7. The second-order valence-electron chi connectivity index (χ2n) is 5.07. The maximum absolute atomic E-state index is 12.2. The summed E-state index contributed by atoms with van der Waals surface area (Å²) in [6.45, 7) is 2.40. The van der Waals surface area contributed by atoms with Crippen LogP contribution in [0.4, 0.5) is 10.9 Å². The van der Waals surface area contributed by atoms with Gasteiger partial charge < -0.3 is 20.4 Å². The normalized spacial score (nSPS) is 15.1. The number of amides is 1. The Hall–Kier alpha value is -2.02. The number of aromatic nitrogens is 1. The topological polar surface area (TPSA) is 84.4 Å². The Morgan fingerprint density at radius 1 is 1.43 bits per heavy atom. The summed E-state index contributed by atoms with van der Waals surface area (Å²) < 4.78 is 4.97. The molecule has 0 unspecified atom stereocenters. The molecule has 112 valence electrons. The van der Waals surface area contributed by atoms with E-state index in [4.69, 9.17) is 10.2 Å². The van der Waals surface area contributed by atoms with Gasteiger partial charge in [-0.3, -0.25) is 4.79 Å². The Kier molecular flexibility index (Phi) is 4.10. The molecule has 0 bridgehead atoms. The quantitative estimate of drug-likeness (QED) is 0.905. The van der Waals surface area contributed by atoms with Gasteiger partial charge in [-0.2, -0.15) is 0 Å². The molecular weight excluding hydrogens is 288 g/mol. The lowest BCUT2D eigenvalue weighted by molar-refractivity contribution is 0.0955. The summed E-state index contributed by atoms with van der Waals surface area (Å²) in [6.07, 6.45) is 6.78. The van der Waals surface area contributed by atoms with Gasteiger partial charge in [0.25, 0.3) is 5.91 Å². The van der Waals surface area contributed by atoms with E-state index in [0.29, 0.717) is 17.2 Å². The highest BCUT2D eigenvalue weighted by molar-refractivity contribution is 7.18. The zero-order valence-electron chi connectivity index (χ0n) is 11.7.